The van der Waals surface area contributed by atoms with Crippen LogP contribution in [-0.4, -0.2) is 16.5 Å². The van der Waals surface area contributed by atoms with Crippen molar-refractivity contribution in [1.82, 2.24) is 15.3 Å². The molecular weight excluding hydrogens is 214 g/mol. The second-order valence-corrected chi connectivity index (χ2v) is 4.18. The number of fused-ring (bicyclic) bond motifs is 1. The second kappa shape index (κ2) is 4.59. The summed E-state index contributed by atoms with van der Waals surface area (Å²) in [6, 6.07) is 6.30. The molecule has 2 aromatic rings. The van der Waals surface area contributed by atoms with E-state index in [1.165, 1.54) is 11.1 Å². The van der Waals surface area contributed by atoms with Gasteiger partial charge in [-0.3, -0.25) is 0 Å². The standard InChI is InChI=1S/C13H15N3O/c1-2-12(17-9-13-15-5-6-16-13)7-10-3-4-14-8-11(1)10/h1-2,5-7,14H,3-4,8-9H2,(H,15,16). The molecule has 0 amide bonds. The second-order valence-electron chi connectivity index (χ2n) is 4.18. The van der Waals surface area contributed by atoms with Gasteiger partial charge in [0.05, 0.1) is 0 Å². The van der Waals surface area contributed by atoms with Gasteiger partial charge in [-0.05, 0) is 36.2 Å². The Balaban J connectivity index is 1.71. The molecule has 4 nitrogen and oxygen atoms in total. The van der Waals surface area contributed by atoms with Crippen LogP contribution in [0.1, 0.15) is 17.0 Å². The summed E-state index contributed by atoms with van der Waals surface area (Å²) in [5.74, 6) is 1.77. The van der Waals surface area contributed by atoms with E-state index in [-0.39, 0.29) is 0 Å². The molecule has 0 saturated carbocycles. The lowest BCUT2D eigenvalue weighted by Gasteiger charge is -2.17. The average molecular weight is 229 g/mol. The largest absolute Gasteiger partial charge is 0.486 e. The van der Waals surface area contributed by atoms with E-state index in [0.717, 1.165) is 31.1 Å². The molecule has 1 aromatic carbocycles. The summed E-state index contributed by atoms with van der Waals surface area (Å²) in [5.41, 5.74) is 2.77. The van der Waals surface area contributed by atoms with E-state index < -0.39 is 0 Å². The first kappa shape index (κ1) is 10.4. The summed E-state index contributed by atoms with van der Waals surface area (Å²) in [4.78, 5) is 7.15. The summed E-state index contributed by atoms with van der Waals surface area (Å²) in [6.45, 7) is 2.51. The van der Waals surface area contributed by atoms with Crippen LogP contribution in [0.5, 0.6) is 5.75 Å². The average Bonchev–Trinajstić information content (AvgIpc) is 2.89. The van der Waals surface area contributed by atoms with Crippen LogP contribution in [0.4, 0.5) is 0 Å². The molecule has 0 radical (unpaired) electrons. The Morgan fingerprint density at radius 1 is 1.29 bits per heavy atom. The molecule has 0 spiro atoms. The highest BCUT2D eigenvalue weighted by Gasteiger charge is 2.09. The summed E-state index contributed by atoms with van der Waals surface area (Å²) in [7, 11) is 0. The molecule has 88 valence electrons. The van der Waals surface area contributed by atoms with Crippen LogP contribution in [0.25, 0.3) is 0 Å². The molecule has 1 aliphatic rings. The zero-order valence-corrected chi connectivity index (χ0v) is 9.57. The van der Waals surface area contributed by atoms with Crippen LogP contribution in [0.2, 0.25) is 0 Å². The lowest BCUT2D eigenvalue weighted by atomic mass is 10.0. The number of hydrogen-bond acceptors (Lipinski definition) is 3. The molecule has 2 N–H and O–H groups in total. The van der Waals surface area contributed by atoms with Crippen molar-refractivity contribution in [2.45, 2.75) is 19.6 Å². The number of ether oxygens (including phenoxy) is 1. The number of nitrogens with one attached hydrogen (secondary N) is 2. The Labute approximate surface area is 100 Å². The Morgan fingerprint density at radius 3 is 3.18 bits per heavy atom. The molecule has 1 aliphatic heterocycles. The molecule has 4 heteroatoms. The predicted octanol–water partition coefficient (Wildman–Crippen LogP) is 1.63. The van der Waals surface area contributed by atoms with Crippen LogP contribution in [0, 0.1) is 0 Å². The van der Waals surface area contributed by atoms with E-state index in [1.807, 2.05) is 6.07 Å². The van der Waals surface area contributed by atoms with E-state index in [4.69, 9.17) is 4.74 Å². The zero-order valence-electron chi connectivity index (χ0n) is 9.57. The fourth-order valence-electron chi connectivity index (χ4n) is 2.07. The van der Waals surface area contributed by atoms with Crippen molar-refractivity contribution < 1.29 is 4.74 Å². The van der Waals surface area contributed by atoms with Crippen LogP contribution >= 0.6 is 0 Å². The van der Waals surface area contributed by atoms with E-state index in [2.05, 4.69) is 27.4 Å². The van der Waals surface area contributed by atoms with Crippen molar-refractivity contribution >= 4 is 0 Å². The molecule has 0 aliphatic carbocycles. The Bertz CT molecular complexity index is 493. The minimum Gasteiger partial charge on any atom is -0.486 e. The van der Waals surface area contributed by atoms with Crippen LogP contribution in [0.3, 0.4) is 0 Å². The number of aromatic amines is 1. The van der Waals surface area contributed by atoms with Gasteiger partial charge in [0.25, 0.3) is 0 Å². The highest BCUT2D eigenvalue weighted by Crippen LogP contribution is 2.21. The van der Waals surface area contributed by atoms with Gasteiger partial charge >= 0.3 is 0 Å². The topological polar surface area (TPSA) is 49.9 Å². The summed E-state index contributed by atoms with van der Waals surface area (Å²) in [6.07, 6.45) is 4.61. The predicted molar refractivity (Wildman–Crippen MR) is 64.8 cm³/mol. The van der Waals surface area contributed by atoms with Gasteiger partial charge in [0.15, 0.2) is 0 Å². The number of imidazole rings is 1. The Morgan fingerprint density at radius 2 is 2.29 bits per heavy atom. The van der Waals surface area contributed by atoms with Crippen molar-refractivity contribution in [3.63, 3.8) is 0 Å². The minimum absolute atomic E-state index is 0.490. The Hall–Kier alpha value is -1.81. The van der Waals surface area contributed by atoms with Crippen LogP contribution < -0.4 is 10.1 Å². The van der Waals surface area contributed by atoms with Gasteiger partial charge in [-0.2, -0.15) is 0 Å². The fourth-order valence-corrected chi connectivity index (χ4v) is 2.07. The molecule has 0 atom stereocenters. The molecule has 17 heavy (non-hydrogen) atoms. The number of H-pyrrole nitrogens is 1. The number of hydrogen-bond donors (Lipinski definition) is 2. The first-order chi connectivity index (χ1) is 8.42. The van der Waals surface area contributed by atoms with E-state index >= 15 is 0 Å². The zero-order chi connectivity index (χ0) is 11.5. The van der Waals surface area contributed by atoms with Crippen molar-refractivity contribution in [2.75, 3.05) is 6.54 Å². The van der Waals surface area contributed by atoms with Crippen molar-refractivity contribution in [1.29, 1.82) is 0 Å². The number of benzene rings is 1. The molecule has 0 bridgehead atoms. The maximum absolute atomic E-state index is 5.70. The first-order valence-corrected chi connectivity index (χ1v) is 5.85. The van der Waals surface area contributed by atoms with Crippen LogP contribution in [-0.2, 0) is 19.6 Å². The van der Waals surface area contributed by atoms with Gasteiger partial charge < -0.3 is 15.0 Å². The van der Waals surface area contributed by atoms with Crippen molar-refractivity contribution in [2.24, 2.45) is 0 Å². The molecule has 0 unspecified atom stereocenters. The third kappa shape index (κ3) is 2.31. The van der Waals surface area contributed by atoms with Gasteiger partial charge in [0.2, 0.25) is 0 Å². The van der Waals surface area contributed by atoms with Gasteiger partial charge in [0, 0.05) is 18.9 Å². The number of nitrogens with zero attached hydrogens (tertiary/aromatic N) is 1. The lowest BCUT2D eigenvalue weighted by Crippen LogP contribution is -2.23. The normalized spacial score (nSPS) is 14.4. The molecule has 3 rings (SSSR count). The summed E-state index contributed by atoms with van der Waals surface area (Å²) >= 11 is 0. The van der Waals surface area contributed by atoms with E-state index in [9.17, 15) is 0 Å². The highest BCUT2D eigenvalue weighted by molar-refractivity contribution is 5.37. The third-order valence-corrected chi connectivity index (χ3v) is 2.99. The van der Waals surface area contributed by atoms with Crippen molar-refractivity contribution in [3.8, 4) is 5.75 Å². The highest BCUT2D eigenvalue weighted by atomic mass is 16.5. The lowest BCUT2D eigenvalue weighted by molar-refractivity contribution is 0.296. The van der Waals surface area contributed by atoms with Crippen LogP contribution in [0.15, 0.2) is 30.6 Å². The van der Waals surface area contributed by atoms with E-state index in [1.54, 1.807) is 12.4 Å². The quantitative estimate of drug-likeness (QED) is 0.841. The number of rotatable bonds is 3. The summed E-state index contributed by atoms with van der Waals surface area (Å²) in [5, 5.41) is 3.36. The fraction of sp³-hybridized carbons (Fsp3) is 0.308. The number of aromatic nitrogens is 2. The maximum Gasteiger partial charge on any atom is 0.146 e. The van der Waals surface area contributed by atoms with Gasteiger partial charge in [0.1, 0.15) is 18.2 Å². The molecule has 0 fully saturated rings. The minimum atomic E-state index is 0.490. The first-order valence-electron chi connectivity index (χ1n) is 5.85. The van der Waals surface area contributed by atoms with E-state index in [0.29, 0.717) is 6.61 Å². The maximum atomic E-state index is 5.70. The summed E-state index contributed by atoms with van der Waals surface area (Å²) < 4.78 is 5.70. The molecule has 0 saturated heterocycles. The molecule has 2 heterocycles. The third-order valence-electron chi connectivity index (χ3n) is 2.99. The SMILES string of the molecule is c1c[nH]c(COc2ccc3c(c2)CCNC3)n1. The van der Waals surface area contributed by atoms with Gasteiger partial charge in [-0.25, -0.2) is 4.98 Å². The monoisotopic (exact) mass is 229 g/mol. The smallest absolute Gasteiger partial charge is 0.146 e. The molecule has 1 aromatic heterocycles. The molecular formula is C13H15N3O. The van der Waals surface area contributed by atoms with Gasteiger partial charge in [-0.15, -0.1) is 0 Å². The Kier molecular flexibility index (Phi) is 2.80. The van der Waals surface area contributed by atoms with Gasteiger partial charge in [-0.1, -0.05) is 6.07 Å². The van der Waals surface area contributed by atoms with Crippen molar-refractivity contribution in [3.05, 3.63) is 47.5 Å².